The van der Waals surface area contributed by atoms with Gasteiger partial charge in [-0.2, -0.15) is 0 Å². The normalized spacial score (nSPS) is 17.1. The van der Waals surface area contributed by atoms with E-state index in [0.717, 1.165) is 12.2 Å². The minimum absolute atomic E-state index is 0.0930. The molecule has 0 saturated carbocycles. The number of carbonyl (C=O) groups is 2. The predicted octanol–water partition coefficient (Wildman–Crippen LogP) is 4.47. The van der Waals surface area contributed by atoms with Gasteiger partial charge in [-0.25, -0.2) is 0 Å². The molecule has 21 heavy (non-hydrogen) atoms. The first-order chi connectivity index (χ1) is 10.2. The smallest absolute Gasteiger partial charge is 0.240 e. The summed E-state index contributed by atoms with van der Waals surface area (Å²) in [6, 6.07) is 0. The van der Waals surface area contributed by atoms with Gasteiger partial charge in [0.25, 0.3) is 0 Å². The fourth-order valence-electron chi connectivity index (χ4n) is 2.13. The van der Waals surface area contributed by atoms with Gasteiger partial charge in [0.2, 0.25) is 11.8 Å². The second-order valence-corrected chi connectivity index (χ2v) is 6.67. The fourth-order valence-corrected chi connectivity index (χ4v) is 3.26. The van der Waals surface area contributed by atoms with E-state index in [0.29, 0.717) is 6.42 Å². The third kappa shape index (κ3) is 11.6. The third-order valence-electron chi connectivity index (χ3n) is 3.24. The summed E-state index contributed by atoms with van der Waals surface area (Å²) < 4.78 is 0. The zero-order valence-corrected chi connectivity index (χ0v) is 14.5. The Hall–Kier alpha value is -0.770. The van der Waals surface area contributed by atoms with E-state index >= 15 is 0 Å². The molecule has 1 atom stereocenters. The van der Waals surface area contributed by atoms with Crippen molar-refractivity contribution in [3.63, 3.8) is 0 Å². The lowest BCUT2D eigenvalue weighted by atomic mass is 10.1. The number of thioether (sulfide) groups is 1. The van der Waals surface area contributed by atoms with Crippen LogP contribution in [-0.4, -0.2) is 22.8 Å². The molecule has 0 bridgehead atoms. The molecule has 1 N–H and O–H groups in total. The molecule has 3 nitrogen and oxygen atoms in total. The first-order valence-electron chi connectivity index (χ1n) is 8.18. The molecule has 0 aliphatic carbocycles. The summed E-state index contributed by atoms with van der Waals surface area (Å²) in [5.41, 5.74) is 0. The summed E-state index contributed by atoms with van der Waals surface area (Å²) >= 11 is 1.63. The van der Waals surface area contributed by atoms with Crippen LogP contribution in [0.15, 0.2) is 12.7 Å². The van der Waals surface area contributed by atoms with Gasteiger partial charge < -0.3 is 0 Å². The van der Waals surface area contributed by atoms with Gasteiger partial charge in [0.05, 0.1) is 5.25 Å². The Labute approximate surface area is 134 Å². The number of allylic oxidation sites excluding steroid dienone is 1. The van der Waals surface area contributed by atoms with E-state index in [1.165, 1.54) is 44.9 Å². The number of hydrogen-bond donors (Lipinski definition) is 1. The zero-order valence-electron chi connectivity index (χ0n) is 13.7. The molecular weight excluding hydrogens is 282 g/mol. The lowest BCUT2D eigenvalue weighted by molar-refractivity contribution is -0.124. The molecule has 4 heteroatoms. The first-order valence-corrected chi connectivity index (χ1v) is 9.22. The van der Waals surface area contributed by atoms with Crippen molar-refractivity contribution in [3.8, 4) is 0 Å². The van der Waals surface area contributed by atoms with Gasteiger partial charge in [-0.05, 0) is 19.1 Å². The number of amides is 2. The highest BCUT2D eigenvalue weighted by Crippen LogP contribution is 2.21. The Kier molecular flexibility index (Phi) is 13.7. The molecule has 1 unspecified atom stereocenters. The summed E-state index contributed by atoms with van der Waals surface area (Å²) in [5.74, 6) is 0.790. The molecule has 1 heterocycles. The molecule has 0 aromatic carbocycles. The van der Waals surface area contributed by atoms with E-state index < -0.39 is 0 Å². The Bertz CT molecular complexity index is 305. The highest BCUT2D eigenvalue weighted by molar-refractivity contribution is 8.00. The van der Waals surface area contributed by atoms with Crippen molar-refractivity contribution in [2.24, 2.45) is 0 Å². The number of hydrogen-bond acceptors (Lipinski definition) is 3. The molecule has 1 saturated heterocycles. The van der Waals surface area contributed by atoms with Gasteiger partial charge in [-0.1, -0.05) is 57.9 Å². The maximum atomic E-state index is 11.3. The van der Waals surface area contributed by atoms with Crippen molar-refractivity contribution in [2.45, 2.75) is 76.9 Å². The first kappa shape index (κ1) is 20.2. The van der Waals surface area contributed by atoms with E-state index in [9.17, 15) is 9.59 Å². The topological polar surface area (TPSA) is 46.2 Å². The fraction of sp³-hybridized carbons (Fsp3) is 0.765. The minimum Gasteiger partial charge on any atom is -0.295 e. The third-order valence-corrected chi connectivity index (χ3v) is 4.55. The quantitative estimate of drug-likeness (QED) is 0.368. The van der Waals surface area contributed by atoms with Crippen molar-refractivity contribution < 1.29 is 9.59 Å². The monoisotopic (exact) mass is 313 g/mol. The minimum atomic E-state index is -0.123. The summed E-state index contributed by atoms with van der Waals surface area (Å²) in [6.45, 7) is 7.49. The predicted molar refractivity (Wildman–Crippen MR) is 92.5 cm³/mol. The number of carbonyl (C=O) groups excluding carboxylic acids is 2. The largest absolute Gasteiger partial charge is 0.295 e. The Balaban J connectivity index is 0.00000122. The Morgan fingerprint density at radius 2 is 1.67 bits per heavy atom. The van der Waals surface area contributed by atoms with Crippen molar-refractivity contribution >= 4 is 23.6 Å². The number of rotatable bonds is 10. The molecule has 0 radical (unpaired) electrons. The van der Waals surface area contributed by atoms with Crippen LogP contribution in [0, 0.1) is 0 Å². The lowest BCUT2D eigenvalue weighted by Gasteiger charge is -2.05. The molecule has 1 aliphatic rings. The molecule has 2 amide bonds. The maximum Gasteiger partial charge on any atom is 0.240 e. The van der Waals surface area contributed by atoms with Crippen LogP contribution in [-0.2, 0) is 9.59 Å². The van der Waals surface area contributed by atoms with E-state index in [1.807, 2.05) is 6.92 Å². The molecule has 0 aromatic rings. The van der Waals surface area contributed by atoms with Crippen molar-refractivity contribution in [3.05, 3.63) is 12.7 Å². The van der Waals surface area contributed by atoms with E-state index in [4.69, 9.17) is 0 Å². The Morgan fingerprint density at radius 3 is 2.14 bits per heavy atom. The van der Waals surface area contributed by atoms with Crippen LogP contribution in [0.3, 0.4) is 0 Å². The van der Waals surface area contributed by atoms with Gasteiger partial charge in [-0.3, -0.25) is 14.9 Å². The van der Waals surface area contributed by atoms with E-state index in [2.05, 4.69) is 18.8 Å². The molecule has 1 rings (SSSR count). The van der Waals surface area contributed by atoms with Gasteiger partial charge >= 0.3 is 0 Å². The van der Waals surface area contributed by atoms with Crippen LogP contribution in [0.4, 0.5) is 0 Å². The molecular formula is C17H31NO2S. The van der Waals surface area contributed by atoms with Gasteiger partial charge in [-0.15, -0.1) is 18.3 Å². The molecule has 1 aliphatic heterocycles. The average Bonchev–Trinajstić information content (AvgIpc) is 2.76. The van der Waals surface area contributed by atoms with Gasteiger partial charge in [0.1, 0.15) is 0 Å². The molecule has 1 fully saturated rings. The molecule has 0 spiro atoms. The van der Waals surface area contributed by atoms with Crippen LogP contribution >= 0.6 is 11.8 Å². The second-order valence-electron chi connectivity index (χ2n) is 5.36. The van der Waals surface area contributed by atoms with Crippen LogP contribution in [0.25, 0.3) is 0 Å². The maximum absolute atomic E-state index is 11.3. The van der Waals surface area contributed by atoms with Gasteiger partial charge in [0, 0.05) is 6.42 Å². The van der Waals surface area contributed by atoms with Crippen LogP contribution in [0.1, 0.15) is 71.6 Å². The van der Waals surface area contributed by atoms with Crippen molar-refractivity contribution in [2.75, 3.05) is 5.75 Å². The highest BCUT2D eigenvalue weighted by Gasteiger charge is 2.30. The molecule has 122 valence electrons. The second kappa shape index (κ2) is 14.2. The van der Waals surface area contributed by atoms with E-state index in [1.54, 1.807) is 17.8 Å². The number of unbranched alkanes of at least 4 members (excludes halogenated alkanes) is 7. The highest BCUT2D eigenvalue weighted by atomic mass is 32.2. The zero-order chi connectivity index (χ0) is 15.9. The summed E-state index contributed by atoms with van der Waals surface area (Å²) in [7, 11) is 0. The van der Waals surface area contributed by atoms with Crippen LogP contribution in [0.5, 0.6) is 0 Å². The van der Waals surface area contributed by atoms with Gasteiger partial charge in [0.15, 0.2) is 0 Å². The summed E-state index contributed by atoms with van der Waals surface area (Å²) in [6.07, 6.45) is 12.6. The van der Waals surface area contributed by atoms with E-state index in [-0.39, 0.29) is 17.1 Å². The average molecular weight is 314 g/mol. The summed E-state index contributed by atoms with van der Waals surface area (Å²) in [5, 5.41) is 2.23. The number of nitrogens with one attached hydrogen (secondary N) is 1. The Morgan fingerprint density at radius 1 is 1.14 bits per heavy atom. The van der Waals surface area contributed by atoms with Crippen molar-refractivity contribution in [1.29, 1.82) is 0 Å². The van der Waals surface area contributed by atoms with Crippen LogP contribution in [0.2, 0.25) is 0 Å². The van der Waals surface area contributed by atoms with Crippen LogP contribution < -0.4 is 5.32 Å². The lowest BCUT2D eigenvalue weighted by Crippen LogP contribution is -2.23. The standard InChI is InChI=1S/C14H25NO2S.C3H6/c1-2-3-4-5-6-7-8-9-10-18-12-11-13(16)15-14(12)17;1-3-2/h12H,2-11H2,1H3,(H,15,16,17);3H,1H2,2H3. The molecule has 0 aromatic heterocycles. The summed E-state index contributed by atoms with van der Waals surface area (Å²) in [4.78, 5) is 22.3. The SMILES string of the molecule is C=CC.CCCCCCCCCCSC1CC(=O)NC1=O. The van der Waals surface area contributed by atoms with Crippen molar-refractivity contribution in [1.82, 2.24) is 5.32 Å². The number of imide groups is 1.